The molecule has 0 bridgehead atoms. The molecule has 0 atom stereocenters. The summed E-state index contributed by atoms with van der Waals surface area (Å²) in [5, 5.41) is 0. The zero-order valence-electron chi connectivity index (χ0n) is 11.0. The summed E-state index contributed by atoms with van der Waals surface area (Å²) < 4.78 is 5.64. The molecule has 0 radical (unpaired) electrons. The number of hydrogen-bond acceptors (Lipinski definition) is 3. The van der Waals surface area contributed by atoms with Crippen molar-refractivity contribution in [3.05, 3.63) is 53.5 Å². The zero-order chi connectivity index (χ0) is 13.0. The number of furan rings is 1. The van der Waals surface area contributed by atoms with Gasteiger partial charge in [-0.05, 0) is 38.1 Å². The van der Waals surface area contributed by atoms with E-state index in [2.05, 4.69) is 43.0 Å². The molecular formula is C15H20N2O. The van der Waals surface area contributed by atoms with Crippen molar-refractivity contribution in [3.63, 3.8) is 0 Å². The van der Waals surface area contributed by atoms with Gasteiger partial charge in [-0.2, -0.15) is 0 Å². The third-order valence-electron chi connectivity index (χ3n) is 3.05. The number of rotatable bonds is 5. The Bertz CT molecular complexity index is 487. The quantitative estimate of drug-likeness (QED) is 0.879. The summed E-state index contributed by atoms with van der Waals surface area (Å²) in [6, 6.07) is 12.5. The average Bonchev–Trinajstić information content (AvgIpc) is 2.85. The van der Waals surface area contributed by atoms with Gasteiger partial charge in [0.05, 0.1) is 13.1 Å². The summed E-state index contributed by atoms with van der Waals surface area (Å²) in [5.74, 6) is 1.79. The second-order valence-corrected chi connectivity index (χ2v) is 4.42. The number of hydrogen-bond donors (Lipinski definition) is 1. The van der Waals surface area contributed by atoms with Gasteiger partial charge in [0.2, 0.25) is 0 Å². The van der Waals surface area contributed by atoms with E-state index in [1.165, 1.54) is 11.3 Å². The smallest absolute Gasteiger partial charge is 0.123 e. The molecule has 2 rings (SSSR count). The maximum Gasteiger partial charge on any atom is 0.123 e. The van der Waals surface area contributed by atoms with E-state index in [9.17, 15) is 0 Å². The van der Waals surface area contributed by atoms with E-state index in [-0.39, 0.29) is 0 Å². The maximum absolute atomic E-state index is 5.64. The Morgan fingerprint density at radius 2 is 1.72 bits per heavy atom. The molecule has 0 saturated heterocycles. The van der Waals surface area contributed by atoms with E-state index >= 15 is 0 Å². The van der Waals surface area contributed by atoms with Crippen LogP contribution in [0.4, 0.5) is 5.69 Å². The maximum atomic E-state index is 5.64. The average molecular weight is 244 g/mol. The first-order valence-corrected chi connectivity index (χ1v) is 6.32. The third kappa shape index (κ3) is 2.93. The van der Waals surface area contributed by atoms with Crippen LogP contribution in [0, 0.1) is 6.92 Å². The van der Waals surface area contributed by atoms with E-state index in [1.807, 2.05) is 12.1 Å². The largest absolute Gasteiger partial charge is 0.463 e. The zero-order valence-corrected chi connectivity index (χ0v) is 11.0. The molecule has 0 unspecified atom stereocenters. The molecule has 2 N–H and O–H groups in total. The first kappa shape index (κ1) is 12.7. The van der Waals surface area contributed by atoms with Crippen LogP contribution in [-0.2, 0) is 13.1 Å². The first-order valence-electron chi connectivity index (χ1n) is 6.32. The summed E-state index contributed by atoms with van der Waals surface area (Å²) in [6.45, 7) is 6.42. The van der Waals surface area contributed by atoms with Gasteiger partial charge in [-0.3, -0.25) is 0 Å². The second kappa shape index (κ2) is 5.74. The molecule has 1 heterocycles. The molecule has 1 aromatic carbocycles. The van der Waals surface area contributed by atoms with E-state index in [0.717, 1.165) is 24.6 Å². The van der Waals surface area contributed by atoms with Crippen molar-refractivity contribution in [3.8, 4) is 0 Å². The SMILES string of the molecule is CCN(Cc1ccc(CN)o1)c1ccc(C)cc1. The fraction of sp³-hybridized carbons (Fsp3) is 0.333. The first-order chi connectivity index (χ1) is 8.72. The Kier molecular flexibility index (Phi) is 4.05. The molecule has 0 amide bonds. The van der Waals surface area contributed by atoms with Gasteiger partial charge in [-0.15, -0.1) is 0 Å². The highest BCUT2D eigenvalue weighted by atomic mass is 16.3. The van der Waals surface area contributed by atoms with Crippen molar-refractivity contribution in [1.29, 1.82) is 0 Å². The van der Waals surface area contributed by atoms with E-state index < -0.39 is 0 Å². The van der Waals surface area contributed by atoms with Crippen LogP contribution in [0.25, 0.3) is 0 Å². The van der Waals surface area contributed by atoms with Crippen molar-refractivity contribution in [2.75, 3.05) is 11.4 Å². The van der Waals surface area contributed by atoms with Crippen LogP contribution in [0.2, 0.25) is 0 Å². The van der Waals surface area contributed by atoms with E-state index in [1.54, 1.807) is 0 Å². The van der Waals surface area contributed by atoms with Crippen molar-refractivity contribution in [2.24, 2.45) is 5.73 Å². The molecule has 0 aliphatic heterocycles. The topological polar surface area (TPSA) is 42.4 Å². The fourth-order valence-corrected chi connectivity index (χ4v) is 1.95. The van der Waals surface area contributed by atoms with Gasteiger partial charge in [-0.25, -0.2) is 0 Å². The van der Waals surface area contributed by atoms with Crippen molar-refractivity contribution < 1.29 is 4.42 Å². The molecule has 0 spiro atoms. The molecule has 2 aromatic rings. The molecule has 3 heteroatoms. The normalized spacial score (nSPS) is 10.6. The number of benzene rings is 1. The van der Waals surface area contributed by atoms with Gasteiger partial charge in [0.15, 0.2) is 0 Å². The lowest BCUT2D eigenvalue weighted by Crippen LogP contribution is -2.21. The van der Waals surface area contributed by atoms with Crippen LogP contribution in [0.15, 0.2) is 40.8 Å². The second-order valence-electron chi connectivity index (χ2n) is 4.42. The highest BCUT2D eigenvalue weighted by molar-refractivity contribution is 5.47. The lowest BCUT2D eigenvalue weighted by atomic mass is 10.2. The fourth-order valence-electron chi connectivity index (χ4n) is 1.95. The number of nitrogens with two attached hydrogens (primary N) is 1. The highest BCUT2D eigenvalue weighted by Gasteiger charge is 2.08. The van der Waals surface area contributed by atoms with E-state index in [0.29, 0.717) is 6.54 Å². The van der Waals surface area contributed by atoms with Crippen LogP contribution >= 0.6 is 0 Å². The van der Waals surface area contributed by atoms with Gasteiger partial charge in [0, 0.05) is 12.2 Å². The lowest BCUT2D eigenvalue weighted by Gasteiger charge is -2.22. The number of anilines is 1. The predicted octanol–water partition coefficient (Wildman–Crippen LogP) is 3.07. The molecule has 18 heavy (non-hydrogen) atoms. The molecule has 0 aliphatic carbocycles. The van der Waals surface area contributed by atoms with Crippen molar-refractivity contribution in [1.82, 2.24) is 0 Å². The van der Waals surface area contributed by atoms with E-state index in [4.69, 9.17) is 10.2 Å². The summed E-state index contributed by atoms with van der Waals surface area (Å²) in [4.78, 5) is 2.28. The Labute approximate surface area is 108 Å². The van der Waals surface area contributed by atoms with Gasteiger partial charge in [-0.1, -0.05) is 17.7 Å². The van der Waals surface area contributed by atoms with Crippen LogP contribution in [0.1, 0.15) is 24.0 Å². The molecule has 0 fully saturated rings. The van der Waals surface area contributed by atoms with Crippen LogP contribution in [0.3, 0.4) is 0 Å². The Morgan fingerprint density at radius 3 is 2.28 bits per heavy atom. The Hall–Kier alpha value is -1.74. The minimum Gasteiger partial charge on any atom is -0.463 e. The third-order valence-corrected chi connectivity index (χ3v) is 3.05. The molecular weight excluding hydrogens is 224 g/mol. The van der Waals surface area contributed by atoms with Crippen molar-refractivity contribution >= 4 is 5.69 Å². The molecule has 0 aliphatic rings. The van der Waals surface area contributed by atoms with Gasteiger partial charge in [0.1, 0.15) is 11.5 Å². The summed E-state index contributed by atoms with van der Waals surface area (Å²) in [7, 11) is 0. The van der Waals surface area contributed by atoms with Gasteiger partial charge in [0.25, 0.3) is 0 Å². The number of aryl methyl sites for hydroxylation is 1. The summed E-state index contributed by atoms with van der Waals surface area (Å²) >= 11 is 0. The molecule has 3 nitrogen and oxygen atoms in total. The lowest BCUT2D eigenvalue weighted by molar-refractivity contribution is 0.463. The molecule has 1 aromatic heterocycles. The highest BCUT2D eigenvalue weighted by Crippen LogP contribution is 2.18. The van der Waals surface area contributed by atoms with Gasteiger partial charge < -0.3 is 15.1 Å². The van der Waals surface area contributed by atoms with Crippen molar-refractivity contribution in [2.45, 2.75) is 26.9 Å². The molecule has 96 valence electrons. The van der Waals surface area contributed by atoms with Crippen LogP contribution in [0.5, 0.6) is 0 Å². The van der Waals surface area contributed by atoms with Crippen LogP contribution < -0.4 is 10.6 Å². The minimum absolute atomic E-state index is 0.455. The Morgan fingerprint density at radius 1 is 1.06 bits per heavy atom. The standard InChI is InChI=1S/C15H20N2O/c1-3-17(13-6-4-12(2)5-7-13)11-15-9-8-14(10-16)18-15/h4-9H,3,10-11,16H2,1-2H3. The minimum atomic E-state index is 0.455. The monoisotopic (exact) mass is 244 g/mol. The Balaban J connectivity index is 2.11. The molecule has 0 saturated carbocycles. The summed E-state index contributed by atoms with van der Waals surface area (Å²) in [6.07, 6.45) is 0. The number of nitrogens with zero attached hydrogens (tertiary/aromatic N) is 1. The van der Waals surface area contributed by atoms with Gasteiger partial charge >= 0.3 is 0 Å². The van der Waals surface area contributed by atoms with Crippen LogP contribution in [-0.4, -0.2) is 6.54 Å². The summed E-state index contributed by atoms with van der Waals surface area (Å²) in [5.41, 5.74) is 8.04. The predicted molar refractivity (Wildman–Crippen MR) is 74.5 cm³/mol.